The van der Waals surface area contributed by atoms with Crippen LogP contribution in [0.5, 0.6) is 0 Å². The van der Waals surface area contributed by atoms with Crippen molar-refractivity contribution in [3.05, 3.63) is 0 Å². The molecule has 1 rings (SSSR count). The molecule has 14 heavy (non-hydrogen) atoms. The van der Waals surface area contributed by atoms with Crippen molar-refractivity contribution >= 4 is 0 Å². The van der Waals surface area contributed by atoms with Gasteiger partial charge in [-0.3, -0.25) is 0 Å². The van der Waals surface area contributed by atoms with E-state index in [1.54, 1.807) is 0 Å². The average Bonchev–Trinajstić information content (AvgIpc) is 2.53. The van der Waals surface area contributed by atoms with Crippen LogP contribution in [0.2, 0.25) is 0 Å². The molecule has 0 aromatic rings. The van der Waals surface area contributed by atoms with E-state index in [1.807, 2.05) is 0 Å². The second kappa shape index (κ2) is 5.01. The minimum Gasteiger partial charge on any atom is -0.394 e. The molecule has 0 aromatic carbocycles. The first-order chi connectivity index (χ1) is 6.65. The Morgan fingerprint density at radius 3 is 2.43 bits per heavy atom. The number of methoxy groups -OCH3 is 2. The summed E-state index contributed by atoms with van der Waals surface area (Å²) >= 11 is 0. The molecule has 1 saturated heterocycles. The molecule has 6 nitrogen and oxygen atoms in total. The van der Waals surface area contributed by atoms with Crippen molar-refractivity contribution in [2.75, 3.05) is 20.8 Å². The van der Waals surface area contributed by atoms with Gasteiger partial charge >= 0.3 is 0 Å². The summed E-state index contributed by atoms with van der Waals surface area (Å²) in [4.78, 5) is 0. The summed E-state index contributed by atoms with van der Waals surface area (Å²) in [5.41, 5.74) is 0. The van der Waals surface area contributed by atoms with Gasteiger partial charge in [0.25, 0.3) is 0 Å². The van der Waals surface area contributed by atoms with Gasteiger partial charge in [0.05, 0.1) is 6.61 Å². The van der Waals surface area contributed by atoms with Crippen LogP contribution in [0.1, 0.15) is 0 Å². The predicted octanol–water partition coefficient (Wildman–Crippen LogP) is -1.91. The zero-order valence-electron chi connectivity index (χ0n) is 8.16. The maximum atomic E-state index is 9.60. The Morgan fingerprint density at radius 2 is 2.00 bits per heavy atom. The molecular weight excluding hydrogens is 192 g/mol. The van der Waals surface area contributed by atoms with Crippen LogP contribution in [0.25, 0.3) is 0 Å². The van der Waals surface area contributed by atoms with Crippen molar-refractivity contribution in [1.29, 1.82) is 0 Å². The summed E-state index contributed by atoms with van der Waals surface area (Å²) in [7, 11) is 2.78. The second-order valence-corrected chi connectivity index (χ2v) is 3.15. The van der Waals surface area contributed by atoms with Gasteiger partial charge in [-0.1, -0.05) is 0 Å². The summed E-state index contributed by atoms with van der Waals surface area (Å²) in [6, 6.07) is 0. The van der Waals surface area contributed by atoms with Gasteiger partial charge in [0.2, 0.25) is 0 Å². The third-order valence-corrected chi connectivity index (χ3v) is 2.30. The monoisotopic (exact) mass is 208 g/mol. The molecule has 1 fully saturated rings. The average molecular weight is 208 g/mol. The van der Waals surface area contributed by atoms with Gasteiger partial charge < -0.3 is 29.5 Å². The number of aliphatic hydroxyl groups excluding tert-OH is 3. The van der Waals surface area contributed by atoms with Crippen LogP contribution < -0.4 is 0 Å². The van der Waals surface area contributed by atoms with E-state index in [2.05, 4.69) is 0 Å². The Bertz CT molecular complexity index is 175. The van der Waals surface area contributed by atoms with Gasteiger partial charge in [-0.15, -0.1) is 0 Å². The molecule has 0 unspecified atom stereocenters. The molecule has 84 valence electrons. The maximum absolute atomic E-state index is 9.60. The standard InChI is InChI=1S/C8H16O6/c1-12-7-5(11)8(13-2)14-6(7)4(10)3-9/h4-11H,3H2,1-2H3/t4-,5+,6-,7+,8-/m0/s1. The van der Waals surface area contributed by atoms with Crippen molar-refractivity contribution in [2.45, 2.75) is 30.7 Å². The Labute approximate surface area is 82.0 Å². The molecule has 0 spiro atoms. The van der Waals surface area contributed by atoms with Gasteiger partial charge in [-0.05, 0) is 0 Å². The highest BCUT2D eigenvalue weighted by Gasteiger charge is 2.47. The van der Waals surface area contributed by atoms with E-state index in [9.17, 15) is 10.2 Å². The smallest absolute Gasteiger partial charge is 0.186 e. The minimum absolute atomic E-state index is 0.451. The number of rotatable bonds is 4. The van der Waals surface area contributed by atoms with Crippen LogP contribution in [0.15, 0.2) is 0 Å². The summed E-state index contributed by atoms with van der Waals surface area (Å²) < 4.78 is 15.0. The lowest BCUT2D eigenvalue weighted by Crippen LogP contribution is -2.41. The fourth-order valence-electron chi connectivity index (χ4n) is 1.54. The molecule has 1 heterocycles. The molecule has 3 N–H and O–H groups in total. The number of hydrogen-bond donors (Lipinski definition) is 3. The molecule has 0 saturated carbocycles. The van der Waals surface area contributed by atoms with Crippen LogP contribution in [0.4, 0.5) is 0 Å². The van der Waals surface area contributed by atoms with Gasteiger partial charge in [-0.2, -0.15) is 0 Å². The van der Waals surface area contributed by atoms with E-state index in [4.69, 9.17) is 19.3 Å². The molecule has 0 aromatic heterocycles. The first-order valence-corrected chi connectivity index (χ1v) is 4.33. The first-order valence-electron chi connectivity index (χ1n) is 4.33. The summed E-state index contributed by atoms with van der Waals surface area (Å²) in [5, 5.41) is 27.7. The van der Waals surface area contributed by atoms with E-state index < -0.39 is 37.3 Å². The van der Waals surface area contributed by atoms with Crippen molar-refractivity contribution in [3.63, 3.8) is 0 Å². The minimum atomic E-state index is -1.09. The Balaban J connectivity index is 2.67. The van der Waals surface area contributed by atoms with Crippen LogP contribution >= 0.6 is 0 Å². The molecule has 0 radical (unpaired) electrons. The fourth-order valence-corrected chi connectivity index (χ4v) is 1.54. The van der Waals surface area contributed by atoms with Crippen LogP contribution in [0, 0.1) is 0 Å². The first kappa shape index (κ1) is 11.8. The zero-order valence-corrected chi connectivity index (χ0v) is 8.16. The van der Waals surface area contributed by atoms with Crippen LogP contribution in [0.3, 0.4) is 0 Å². The number of aliphatic hydroxyl groups is 3. The third-order valence-electron chi connectivity index (χ3n) is 2.30. The fraction of sp³-hybridized carbons (Fsp3) is 1.00. The van der Waals surface area contributed by atoms with E-state index in [0.29, 0.717) is 0 Å². The van der Waals surface area contributed by atoms with Gasteiger partial charge in [0.15, 0.2) is 6.29 Å². The predicted molar refractivity (Wildman–Crippen MR) is 45.6 cm³/mol. The Hall–Kier alpha value is -0.240. The van der Waals surface area contributed by atoms with Crippen molar-refractivity contribution in [1.82, 2.24) is 0 Å². The third kappa shape index (κ3) is 2.05. The van der Waals surface area contributed by atoms with E-state index >= 15 is 0 Å². The van der Waals surface area contributed by atoms with Crippen LogP contribution in [-0.4, -0.2) is 66.9 Å². The van der Waals surface area contributed by atoms with Crippen molar-refractivity contribution in [2.24, 2.45) is 0 Å². The van der Waals surface area contributed by atoms with Gasteiger partial charge in [0, 0.05) is 14.2 Å². The lowest BCUT2D eigenvalue weighted by Gasteiger charge is -2.21. The van der Waals surface area contributed by atoms with Crippen LogP contribution in [-0.2, 0) is 14.2 Å². The van der Waals surface area contributed by atoms with Gasteiger partial charge in [0.1, 0.15) is 24.4 Å². The molecule has 0 bridgehead atoms. The molecular formula is C8H16O6. The summed E-state index contributed by atoms with van der Waals surface area (Å²) in [6.07, 6.45) is -4.34. The molecule has 0 aliphatic carbocycles. The molecule has 0 amide bonds. The topological polar surface area (TPSA) is 88.4 Å². The van der Waals surface area contributed by atoms with Gasteiger partial charge in [-0.25, -0.2) is 0 Å². The molecule has 1 aliphatic heterocycles. The molecule has 1 aliphatic rings. The highest BCUT2D eigenvalue weighted by Crippen LogP contribution is 2.26. The normalized spacial score (nSPS) is 40.1. The largest absolute Gasteiger partial charge is 0.394 e. The highest BCUT2D eigenvalue weighted by molar-refractivity contribution is 4.91. The second-order valence-electron chi connectivity index (χ2n) is 3.15. The van der Waals surface area contributed by atoms with Crippen molar-refractivity contribution < 1.29 is 29.5 Å². The molecule has 6 heteroatoms. The highest BCUT2D eigenvalue weighted by atomic mass is 16.7. The number of hydrogen-bond acceptors (Lipinski definition) is 6. The van der Waals surface area contributed by atoms with E-state index in [1.165, 1.54) is 14.2 Å². The summed E-state index contributed by atoms with van der Waals surface area (Å²) in [5.74, 6) is 0. The number of ether oxygens (including phenoxy) is 3. The Kier molecular flexibility index (Phi) is 4.24. The lowest BCUT2D eigenvalue weighted by molar-refractivity contribution is -0.166. The van der Waals surface area contributed by atoms with Crippen molar-refractivity contribution in [3.8, 4) is 0 Å². The molecule has 5 atom stereocenters. The summed E-state index contributed by atoms with van der Waals surface area (Å²) in [6.45, 7) is -0.451. The lowest BCUT2D eigenvalue weighted by atomic mass is 10.1. The maximum Gasteiger partial charge on any atom is 0.186 e. The SMILES string of the molecule is CO[C@H]1O[C@@H]([C@@H](O)CO)[C@H](OC)[C@H]1O. The Morgan fingerprint density at radius 1 is 1.36 bits per heavy atom. The quantitative estimate of drug-likeness (QED) is 0.499. The van der Waals surface area contributed by atoms with E-state index in [0.717, 1.165) is 0 Å². The van der Waals surface area contributed by atoms with E-state index in [-0.39, 0.29) is 0 Å². The zero-order chi connectivity index (χ0) is 10.7.